The highest BCUT2D eigenvalue weighted by molar-refractivity contribution is 7.14. The molecule has 0 N–H and O–H groups in total. The first-order chi connectivity index (χ1) is 10.7. The molecule has 0 unspecified atom stereocenters. The summed E-state index contributed by atoms with van der Waals surface area (Å²) in [6.45, 7) is 6.91. The SMILES string of the molecule is C=C(c1ccccc1)[Si](C)(c1ccccc1)c1ccccc1. The Bertz CT molecular complexity index is 706. The first kappa shape index (κ1) is 14.5. The summed E-state index contributed by atoms with van der Waals surface area (Å²) < 4.78 is 0. The zero-order valence-corrected chi connectivity index (χ0v) is 13.9. The van der Waals surface area contributed by atoms with Crippen LogP contribution in [-0.4, -0.2) is 8.07 Å². The number of rotatable bonds is 4. The van der Waals surface area contributed by atoms with Gasteiger partial charge in [-0.25, -0.2) is 0 Å². The van der Waals surface area contributed by atoms with E-state index >= 15 is 0 Å². The number of benzene rings is 3. The summed E-state index contributed by atoms with van der Waals surface area (Å²) in [7, 11) is -2.04. The molecule has 0 heterocycles. The van der Waals surface area contributed by atoms with E-state index in [1.165, 1.54) is 21.1 Å². The summed E-state index contributed by atoms with van der Waals surface area (Å²) in [6, 6.07) is 32.2. The lowest BCUT2D eigenvalue weighted by Gasteiger charge is -2.31. The smallest absolute Gasteiger partial charge is 0.0984 e. The van der Waals surface area contributed by atoms with Crippen LogP contribution in [-0.2, 0) is 0 Å². The molecule has 0 saturated heterocycles. The van der Waals surface area contributed by atoms with Gasteiger partial charge in [-0.2, -0.15) is 0 Å². The Morgan fingerprint density at radius 2 is 1.00 bits per heavy atom. The van der Waals surface area contributed by atoms with Gasteiger partial charge in [0.25, 0.3) is 0 Å². The fourth-order valence-corrected chi connectivity index (χ4v) is 6.48. The average Bonchev–Trinajstić information content (AvgIpc) is 2.62. The molecule has 0 atom stereocenters. The van der Waals surface area contributed by atoms with Crippen LogP contribution in [0, 0.1) is 0 Å². The maximum absolute atomic E-state index is 4.51. The standard InChI is InChI=1S/C21H20Si/c1-18(19-12-6-3-7-13-19)22(2,20-14-8-4-9-15-20)21-16-10-5-11-17-21/h3-17H,1H2,2H3. The fourth-order valence-electron chi connectivity index (χ4n) is 2.99. The van der Waals surface area contributed by atoms with Crippen molar-refractivity contribution in [2.75, 3.05) is 0 Å². The molecule has 0 aliphatic rings. The molecule has 3 aromatic carbocycles. The normalized spacial score (nSPS) is 11.1. The van der Waals surface area contributed by atoms with Crippen LogP contribution < -0.4 is 10.4 Å². The molecule has 1 heteroatoms. The van der Waals surface area contributed by atoms with Crippen LogP contribution in [0.15, 0.2) is 97.6 Å². The van der Waals surface area contributed by atoms with Crippen LogP contribution in [0.3, 0.4) is 0 Å². The van der Waals surface area contributed by atoms with Crippen LogP contribution in [0.5, 0.6) is 0 Å². The third-order valence-corrected chi connectivity index (χ3v) is 8.90. The van der Waals surface area contributed by atoms with Crippen molar-refractivity contribution < 1.29 is 0 Å². The Morgan fingerprint density at radius 3 is 1.41 bits per heavy atom. The molecule has 3 aromatic rings. The van der Waals surface area contributed by atoms with Crippen LogP contribution in [0.4, 0.5) is 0 Å². The largest absolute Gasteiger partial charge is 0.145 e. The van der Waals surface area contributed by atoms with Crippen molar-refractivity contribution in [2.24, 2.45) is 0 Å². The molecule has 108 valence electrons. The molecular formula is C21H20Si. The van der Waals surface area contributed by atoms with E-state index in [1.54, 1.807) is 0 Å². The van der Waals surface area contributed by atoms with Crippen molar-refractivity contribution in [2.45, 2.75) is 6.55 Å². The molecule has 0 aromatic heterocycles. The number of hydrogen-bond donors (Lipinski definition) is 0. The van der Waals surface area contributed by atoms with Crippen LogP contribution in [0.1, 0.15) is 5.56 Å². The van der Waals surface area contributed by atoms with Gasteiger partial charge in [0.1, 0.15) is 8.07 Å². The minimum Gasteiger partial charge on any atom is -0.0984 e. The van der Waals surface area contributed by atoms with E-state index in [0.29, 0.717) is 0 Å². The Balaban J connectivity index is 2.18. The highest BCUT2D eigenvalue weighted by Crippen LogP contribution is 2.24. The van der Waals surface area contributed by atoms with Crippen molar-refractivity contribution in [1.29, 1.82) is 0 Å². The Hall–Kier alpha value is -2.38. The minimum absolute atomic E-state index is 1.24. The first-order valence-corrected chi connectivity index (χ1v) is 10.1. The molecule has 0 nitrogen and oxygen atoms in total. The topological polar surface area (TPSA) is 0 Å². The third-order valence-electron chi connectivity index (χ3n) is 4.43. The molecule has 0 bridgehead atoms. The molecular weight excluding hydrogens is 280 g/mol. The summed E-state index contributed by atoms with van der Waals surface area (Å²) in [6.07, 6.45) is 0. The van der Waals surface area contributed by atoms with Crippen LogP contribution >= 0.6 is 0 Å². The van der Waals surface area contributed by atoms with E-state index in [9.17, 15) is 0 Å². The van der Waals surface area contributed by atoms with Crippen molar-refractivity contribution >= 4 is 23.6 Å². The van der Waals surface area contributed by atoms with Gasteiger partial charge < -0.3 is 0 Å². The first-order valence-electron chi connectivity index (χ1n) is 7.59. The van der Waals surface area contributed by atoms with Crippen LogP contribution in [0.2, 0.25) is 6.55 Å². The second-order valence-corrected chi connectivity index (χ2v) is 9.71. The predicted octanol–water partition coefficient (Wildman–Crippen LogP) is 4.13. The summed E-state index contributed by atoms with van der Waals surface area (Å²) >= 11 is 0. The molecule has 0 saturated carbocycles. The van der Waals surface area contributed by atoms with Gasteiger partial charge in [-0.15, -0.1) is 0 Å². The van der Waals surface area contributed by atoms with Gasteiger partial charge in [0.15, 0.2) is 0 Å². The predicted molar refractivity (Wildman–Crippen MR) is 99.2 cm³/mol. The lowest BCUT2D eigenvalue weighted by molar-refractivity contribution is 1.63. The Labute approximate surface area is 133 Å². The van der Waals surface area contributed by atoms with Crippen molar-refractivity contribution in [1.82, 2.24) is 0 Å². The zero-order chi connectivity index (χ0) is 15.4. The Morgan fingerprint density at radius 1 is 0.636 bits per heavy atom. The molecule has 0 aliphatic heterocycles. The molecule has 0 aliphatic carbocycles. The van der Waals surface area contributed by atoms with Crippen molar-refractivity contribution in [3.05, 3.63) is 103 Å². The second-order valence-electron chi connectivity index (χ2n) is 5.70. The van der Waals surface area contributed by atoms with E-state index in [4.69, 9.17) is 0 Å². The average molecular weight is 300 g/mol. The Kier molecular flexibility index (Phi) is 4.08. The summed E-state index contributed by atoms with van der Waals surface area (Å²) in [5, 5.41) is 4.05. The summed E-state index contributed by atoms with van der Waals surface area (Å²) in [5.41, 5.74) is 1.24. The maximum Gasteiger partial charge on any atom is 0.145 e. The van der Waals surface area contributed by atoms with E-state index < -0.39 is 8.07 Å². The molecule has 0 amide bonds. The highest BCUT2D eigenvalue weighted by Gasteiger charge is 2.35. The van der Waals surface area contributed by atoms with Gasteiger partial charge in [0.05, 0.1) is 0 Å². The van der Waals surface area contributed by atoms with Gasteiger partial charge in [-0.05, 0) is 21.1 Å². The lowest BCUT2D eigenvalue weighted by Crippen LogP contribution is -2.56. The van der Waals surface area contributed by atoms with Crippen LogP contribution in [0.25, 0.3) is 5.20 Å². The molecule has 22 heavy (non-hydrogen) atoms. The monoisotopic (exact) mass is 300 g/mol. The minimum atomic E-state index is -2.04. The molecule has 3 rings (SSSR count). The van der Waals surface area contributed by atoms with E-state index in [2.05, 4.69) is 104 Å². The van der Waals surface area contributed by atoms with Gasteiger partial charge in [0.2, 0.25) is 0 Å². The van der Waals surface area contributed by atoms with Crippen molar-refractivity contribution in [3.63, 3.8) is 0 Å². The second kappa shape index (κ2) is 6.16. The molecule has 0 radical (unpaired) electrons. The lowest BCUT2D eigenvalue weighted by atomic mass is 10.2. The summed E-state index contributed by atoms with van der Waals surface area (Å²) in [5.74, 6) is 0. The zero-order valence-electron chi connectivity index (χ0n) is 12.9. The van der Waals surface area contributed by atoms with Gasteiger partial charge >= 0.3 is 0 Å². The molecule has 0 fully saturated rings. The van der Waals surface area contributed by atoms with E-state index in [0.717, 1.165) is 0 Å². The highest BCUT2D eigenvalue weighted by atomic mass is 28.3. The number of hydrogen-bond acceptors (Lipinski definition) is 0. The van der Waals surface area contributed by atoms with Gasteiger partial charge in [-0.1, -0.05) is 104 Å². The summed E-state index contributed by atoms with van der Waals surface area (Å²) in [4.78, 5) is 0. The van der Waals surface area contributed by atoms with E-state index in [1.807, 2.05) is 0 Å². The third kappa shape index (κ3) is 2.56. The maximum atomic E-state index is 4.51. The van der Waals surface area contributed by atoms with Gasteiger partial charge in [-0.3, -0.25) is 0 Å². The quantitative estimate of drug-likeness (QED) is 0.636. The van der Waals surface area contributed by atoms with Crippen molar-refractivity contribution in [3.8, 4) is 0 Å². The molecule has 0 spiro atoms. The van der Waals surface area contributed by atoms with E-state index in [-0.39, 0.29) is 0 Å². The fraction of sp³-hybridized carbons (Fsp3) is 0.0476. The van der Waals surface area contributed by atoms with Gasteiger partial charge in [0, 0.05) is 0 Å².